The van der Waals surface area contributed by atoms with Gasteiger partial charge in [0.15, 0.2) is 0 Å². The molecular weight excluding hydrogens is 238 g/mol. The van der Waals surface area contributed by atoms with E-state index >= 15 is 0 Å². The summed E-state index contributed by atoms with van der Waals surface area (Å²) in [6.45, 7) is 0. The lowest BCUT2D eigenvalue weighted by Gasteiger charge is -2.20. The summed E-state index contributed by atoms with van der Waals surface area (Å²) in [4.78, 5) is 33.4. The Hall–Kier alpha value is -2.18. The Balaban J connectivity index is 2.22. The Bertz CT molecular complexity index is 520. The summed E-state index contributed by atoms with van der Waals surface area (Å²) < 4.78 is 1.50. The molecule has 7 nitrogen and oxygen atoms in total. The van der Waals surface area contributed by atoms with Gasteiger partial charge in [0.2, 0.25) is 11.8 Å². The molecule has 0 radical (unpaired) electrons. The van der Waals surface area contributed by atoms with Gasteiger partial charge >= 0.3 is 5.97 Å². The van der Waals surface area contributed by atoms with E-state index in [1.165, 1.54) is 4.68 Å². The summed E-state index contributed by atoms with van der Waals surface area (Å²) in [5.41, 5.74) is 1.04. The first kappa shape index (κ1) is 12.3. The quantitative estimate of drug-likeness (QED) is 0.710. The number of rotatable bonds is 3. The molecule has 1 aliphatic heterocycles. The number of nitrogens with one attached hydrogen (secondary N) is 1. The number of aliphatic carboxylic acids is 1. The van der Waals surface area contributed by atoms with Crippen LogP contribution in [0.2, 0.25) is 0 Å². The fourth-order valence-corrected chi connectivity index (χ4v) is 2.09. The third-order valence-electron chi connectivity index (χ3n) is 2.90. The lowest BCUT2D eigenvalue weighted by Crippen LogP contribution is -2.40. The normalized spacial score (nSPS) is 19.7. The first-order valence-electron chi connectivity index (χ1n) is 5.55. The third kappa shape index (κ3) is 2.39. The molecular formula is C11H13N3O4. The Labute approximate surface area is 103 Å². The number of imide groups is 1. The number of amides is 2. The molecule has 0 aliphatic carbocycles. The summed E-state index contributed by atoms with van der Waals surface area (Å²) in [5.74, 6) is -2.04. The van der Waals surface area contributed by atoms with Gasteiger partial charge in [0, 0.05) is 13.5 Å². The average molecular weight is 251 g/mol. The second-order valence-corrected chi connectivity index (χ2v) is 4.26. The Morgan fingerprint density at radius 1 is 1.61 bits per heavy atom. The number of aromatic nitrogens is 2. The van der Waals surface area contributed by atoms with Crippen molar-refractivity contribution in [2.45, 2.75) is 25.2 Å². The summed E-state index contributed by atoms with van der Waals surface area (Å²) in [6.07, 6.45) is 0.535. The van der Waals surface area contributed by atoms with Gasteiger partial charge in [0.1, 0.15) is 0 Å². The minimum Gasteiger partial charge on any atom is -0.481 e. The van der Waals surface area contributed by atoms with Crippen molar-refractivity contribution in [3.63, 3.8) is 0 Å². The number of carboxylic acids is 1. The smallest absolute Gasteiger partial charge is 0.309 e. The van der Waals surface area contributed by atoms with E-state index < -0.39 is 11.9 Å². The zero-order chi connectivity index (χ0) is 13.3. The Morgan fingerprint density at radius 3 is 2.94 bits per heavy atom. The van der Waals surface area contributed by atoms with Crippen molar-refractivity contribution in [1.29, 1.82) is 0 Å². The van der Waals surface area contributed by atoms with Crippen LogP contribution in [-0.4, -0.2) is 32.7 Å². The summed E-state index contributed by atoms with van der Waals surface area (Å²) in [5, 5.41) is 15.0. The lowest BCUT2D eigenvalue weighted by molar-refractivity contribution is -0.136. The fraction of sp³-hybridized carbons (Fsp3) is 0.455. The van der Waals surface area contributed by atoms with Crippen molar-refractivity contribution in [3.8, 4) is 0 Å². The summed E-state index contributed by atoms with van der Waals surface area (Å²) >= 11 is 0. The van der Waals surface area contributed by atoms with Crippen LogP contribution in [0.3, 0.4) is 0 Å². The molecule has 0 saturated carbocycles. The van der Waals surface area contributed by atoms with Gasteiger partial charge in [-0.25, -0.2) is 0 Å². The van der Waals surface area contributed by atoms with Crippen LogP contribution in [-0.2, 0) is 27.9 Å². The van der Waals surface area contributed by atoms with E-state index in [2.05, 4.69) is 10.4 Å². The summed E-state index contributed by atoms with van der Waals surface area (Å²) in [7, 11) is 1.66. The molecule has 1 unspecified atom stereocenters. The van der Waals surface area contributed by atoms with Crippen molar-refractivity contribution >= 4 is 17.8 Å². The first-order chi connectivity index (χ1) is 8.47. The molecule has 7 heteroatoms. The standard InChI is InChI=1S/C11H13N3O4/c1-14-8(4-6(13-14)5-10(16)17)7-2-3-9(15)12-11(7)18/h4,7H,2-3,5H2,1H3,(H,16,17)(H,12,15,18). The maximum Gasteiger partial charge on any atom is 0.309 e. The zero-order valence-electron chi connectivity index (χ0n) is 9.84. The molecule has 1 saturated heterocycles. The molecule has 1 aliphatic rings. The Morgan fingerprint density at radius 2 is 2.33 bits per heavy atom. The second kappa shape index (κ2) is 4.59. The molecule has 2 N–H and O–H groups in total. The van der Waals surface area contributed by atoms with Gasteiger partial charge in [-0.1, -0.05) is 0 Å². The van der Waals surface area contributed by atoms with Gasteiger partial charge in [0.05, 0.1) is 23.7 Å². The van der Waals surface area contributed by atoms with Gasteiger partial charge in [-0.15, -0.1) is 0 Å². The number of hydrogen-bond acceptors (Lipinski definition) is 4. The van der Waals surface area contributed by atoms with Gasteiger partial charge in [-0.05, 0) is 12.5 Å². The molecule has 1 aromatic heterocycles. The molecule has 1 fully saturated rings. The predicted molar refractivity (Wildman–Crippen MR) is 59.7 cm³/mol. The van der Waals surface area contributed by atoms with Crippen LogP contribution in [0.5, 0.6) is 0 Å². The van der Waals surface area contributed by atoms with E-state index in [4.69, 9.17) is 5.11 Å². The van der Waals surface area contributed by atoms with Crippen molar-refractivity contribution in [1.82, 2.24) is 15.1 Å². The molecule has 18 heavy (non-hydrogen) atoms. The maximum absolute atomic E-state index is 11.7. The number of piperidine rings is 1. The zero-order valence-corrected chi connectivity index (χ0v) is 9.84. The number of carbonyl (C=O) groups is 3. The van der Waals surface area contributed by atoms with E-state index in [0.717, 1.165) is 0 Å². The van der Waals surface area contributed by atoms with Crippen molar-refractivity contribution in [3.05, 3.63) is 17.5 Å². The Kier molecular flexibility index (Phi) is 3.14. The summed E-state index contributed by atoms with van der Waals surface area (Å²) in [6, 6.07) is 1.61. The minimum absolute atomic E-state index is 0.179. The van der Waals surface area contributed by atoms with Crippen LogP contribution in [0.4, 0.5) is 0 Å². The van der Waals surface area contributed by atoms with Crippen molar-refractivity contribution < 1.29 is 19.5 Å². The van der Waals surface area contributed by atoms with E-state index in [0.29, 0.717) is 17.8 Å². The number of carbonyl (C=O) groups excluding carboxylic acids is 2. The highest BCUT2D eigenvalue weighted by Crippen LogP contribution is 2.25. The van der Waals surface area contributed by atoms with Crippen LogP contribution in [0.1, 0.15) is 30.1 Å². The lowest BCUT2D eigenvalue weighted by atomic mass is 9.94. The van der Waals surface area contributed by atoms with Crippen molar-refractivity contribution in [2.24, 2.45) is 7.05 Å². The number of carboxylic acid groups (broad SMARTS) is 1. The van der Waals surface area contributed by atoms with Gasteiger partial charge in [-0.3, -0.25) is 24.4 Å². The van der Waals surface area contributed by atoms with Crippen LogP contribution in [0, 0.1) is 0 Å². The van der Waals surface area contributed by atoms with Crippen molar-refractivity contribution in [2.75, 3.05) is 0 Å². The molecule has 2 heterocycles. The molecule has 0 bridgehead atoms. The topological polar surface area (TPSA) is 101 Å². The predicted octanol–water partition coefficient (Wildman–Crippen LogP) is -0.433. The van der Waals surface area contributed by atoms with Gasteiger partial charge < -0.3 is 5.11 Å². The minimum atomic E-state index is -0.970. The highest BCUT2D eigenvalue weighted by molar-refractivity contribution is 6.00. The molecule has 96 valence electrons. The number of nitrogens with zero attached hydrogens (tertiary/aromatic N) is 2. The van der Waals surface area contributed by atoms with E-state index in [1.807, 2.05) is 0 Å². The number of aryl methyl sites for hydroxylation is 1. The van der Waals surface area contributed by atoms with Crippen LogP contribution in [0.15, 0.2) is 6.07 Å². The highest BCUT2D eigenvalue weighted by atomic mass is 16.4. The first-order valence-corrected chi connectivity index (χ1v) is 5.55. The third-order valence-corrected chi connectivity index (χ3v) is 2.90. The highest BCUT2D eigenvalue weighted by Gasteiger charge is 2.30. The molecule has 2 rings (SSSR count). The molecule has 0 aromatic carbocycles. The largest absolute Gasteiger partial charge is 0.481 e. The molecule has 0 spiro atoms. The van der Waals surface area contributed by atoms with Gasteiger partial charge in [0.25, 0.3) is 0 Å². The SMILES string of the molecule is Cn1nc(CC(=O)O)cc1C1CCC(=O)NC1=O. The average Bonchev–Trinajstić information content (AvgIpc) is 2.58. The van der Waals surface area contributed by atoms with Crippen LogP contribution >= 0.6 is 0 Å². The van der Waals surface area contributed by atoms with Crippen LogP contribution < -0.4 is 5.32 Å². The van der Waals surface area contributed by atoms with E-state index in [1.54, 1.807) is 13.1 Å². The van der Waals surface area contributed by atoms with Crippen LogP contribution in [0.25, 0.3) is 0 Å². The van der Waals surface area contributed by atoms with E-state index in [-0.39, 0.29) is 24.7 Å². The fourth-order valence-electron chi connectivity index (χ4n) is 2.09. The van der Waals surface area contributed by atoms with Gasteiger partial charge in [-0.2, -0.15) is 5.10 Å². The number of hydrogen-bond donors (Lipinski definition) is 2. The molecule has 1 aromatic rings. The second-order valence-electron chi connectivity index (χ2n) is 4.26. The van der Waals surface area contributed by atoms with E-state index in [9.17, 15) is 14.4 Å². The molecule has 1 atom stereocenters. The maximum atomic E-state index is 11.7. The monoisotopic (exact) mass is 251 g/mol. The molecule has 2 amide bonds.